The lowest BCUT2D eigenvalue weighted by atomic mass is 10.1. The molecule has 128 valence electrons. The molecule has 0 saturated heterocycles. The summed E-state index contributed by atoms with van der Waals surface area (Å²) in [5.74, 6) is 1.30. The minimum absolute atomic E-state index is 0.139. The van der Waals surface area contributed by atoms with Crippen LogP contribution in [0.1, 0.15) is 16.1 Å². The second-order valence-corrected chi connectivity index (χ2v) is 6.66. The number of ether oxygens (including phenoxy) is 2. The number of hydrogen-bond donors (Lipinski definition) is 1. The van der Waals surface area contributed by atoms with E-state index in [9.17, 15) is 4.79 Å². The van der Waals surface area contributed by atoms with Gasteiger partial charge in [0.05, 0.1) is 4.47 Å². The van der Waals surface area contributed by atoms with E-state index in [0.29, 0.717) is 31.2 Å². The van der Waals surface area contributed by atoms with Gasteiger partial charge in [-0.2, -0.15) is 0 Å². The van der Waals surface area contributed by atoms with Crippen LogP contribution in [-0.4, -0.2) is 23.7 Å². The molecule has 2 aromatic carbocycles. The Balaban J connectivity index is 1.60. The maximum atomic E-state index is 12.8. The Labute approximate surface area is 153 Å². The number of nitrogens with one attached hydrogen (secondary N) is 1. The third-order valence-corrected chi connectivity index (χ3v) is 5.15. The lowest BCUT2D eigenvalue weighted by molar-refractivity contribution is 0.0941. The zero-order chi connectivity index (χ0) is 17.4. The van der Waals surface area contributed by atoms with Crippen LogP contribution in [0.5, 0.6) is 11.5 Å². The van der Waals surface area contributed by atoms with Gasteiger partial charge in [-0.25, -0.2) is 0 Å². The van der Waals surface area contributed by atoms with Crippen LogP contribution in [0.4, 0.5) is 0 Å². The SMILES string of the molecule is Cn1c(C(=O)NCc2cccc3c2OCCO3)c(Br)c2ccccc21. The van der Waals surface area contributed by atoms with Crippen molar-refractivity contribution >= 4 is 32.7 Å². The third kappa shape index (κ3) is 2.76. The molecule has 0 fully saturated rings. The average molecular weight is 401 g/mol. The first-order chi connectivity index (χ1) is 12.2. The molecule has 1 amide bonds. The summed E-state index contributed by atoms with van der Waals surface area (Å²) in [6.07, 6.45) is 0. The summed E-state index contributed by atoms with van der Waals surface area (Å²) >= 11 is 3.56. The van der Waals surface area contributed by atoms with E-state index in [0.717, 1.165) is 26.7 Å². The fourth-order valence-electron chi connectivity index (χ4n) is 3.13. The summed E-state index contributed by atoms with van der Waals surface area (Å²) in [7, 11) is 1.89. The Morgan fingerprint density at radius 2 is 1.96 bits per heavy atom. The number of nitrogens with zero attached hydrogens (tertiary/aromatic N) is 1. The number of carbonyl (C=O) groups excluding carboxylic acids is 1. The van der Waals surface area contributed by atoms with E-state index < -0.39 is 0 Å². The van der Waals surface area contributed by atoms with Crippen LogP contribution < -0.4 is 14.8 Å². The number of amides is 1. The van der Waals surface area contributed by atoms with E-state index in [-0.39, 0.29) is 5.91 Å². The fraction of sp³-hybridized carbons (Fsp3) is 0.211. The fourth-order valence-corrected chi connectivity index (χ4v) is 3.91. The van der Waals surface area contributed by atoms with Crippen molar-refractivity contribution in [3.63, 3.8) is 0 Å². The van der Waals surface area contributed by atoms with Crippen molar-refractivity contribution in [3.05, 3.63) is 58.2 Å². The van der Waals surface area contributed by atoms with Crippen LogP contribution >= 0.6 is 15.9 Å². The molecule has 0 aliphatic carbocycles. The minimum atomic E-state index is -0.139. The highest BCUT2D eigenvalue weighted by Gasteiger charge is 2.20. The molecular formula is C19H17BrN2O3. The van der Waals surface area contributed by atoms with Crippen molar-refractivity contribution in [2.45, 2.75) is 6.54 Å². The highest BCUT2D eigenvalue weighted by molar-refractivity contribution is 9.10. The zero-order valence-corrected chi connectivity index (χ0v) is 15.3. The van der Waals surface area contributed by atoms with E-state index in [1.54, 1.807) is 0 Å². The van der Waals surface area contributed by atoms with Crippen molar-refractivity contribution in [1.82, 2.24) is 9.88 Å². The van der Waals surface area contributed by atoms with Crippen molar-refractivity contribution in [2.24, 2.45) is 7.05 Å². The minimum Gasteiger partial charge on any atom is -0.486 e. The Morgan fingerprint density at radius 1 is 1.16 bits per heavy atom. The quantitative estimate of drug-likeness (QED) is 0.729. The molecule has 1 N–H and O–H groups in total. The number of para-hydroxylation sites is 2. The molecule has 4 rings (SSSR count). The van der Waals surface area contributed by atoms with Crippen LogP contribution in [0.3, 0.4) is 0 Å². The maximum absolute atomic E-state index is 12.8. The third-order valence-electron chi connectivity index (χ3n) is 4.35. The zero-order valence-electron chi connectivity index (χ0n) is 13.7. The molecule has 6 heteroatoms. The predicted molar refractivity (Wildman–Crippen MR) is 99.2 cm³/mol. The van der Waals surface area contributed by atoms with Crippen molar-refractivity contribution in [2.75, 3.05) is 13.2 Å². The highest BCUT2D eigenvalue weighted by Crippen LogP contribution is 2.34. The summed E-state index contributed by atoms with van der Waals surface area (Å²) in [5.41, 5.74) is 2.51. The number of aromatic nitrogens is 1. The maximum Gasteiger partial charge on any atom is 0.269 e. The smallest absolute Gasteiger partial charge is 0.269 e. The monoisotopic (exact) mass is 400 g/mol. The largest absolute Gasteiger partial charge is 0.486 e. The standard InChI is InChI=1S/C19H17BrN2O3/c1-22-14-7-3-2-6-13(14)16(20)17(22)19(23)21-11-12-5-4-8-15-18(12)25-10-9-24-15/h2-8H,9-11H2,1H3,(H,21,23). The van der Waals surface area contributed by atoms with Crippen LogP contribution in [0.15, 0.2) is 46.9 Å². The summed E-state index contributed by atoms with van der Waals surface area (Å²) in [5, 5.41) is 4.00. The molecule has 1 aliphatic rings. The molecule has 5 nitrogen and oxygen atoms in total. The van der Waals surface area contributed by atoms with Gasteiger partial charge in [0.2, 0.25) is 0 Å². The van der Waals surface area contributed by atoms with Crippen LogP contribution in [0, 0.1) is 0 Å². The van der Waals surface area contributed by atoms with Gasteiger partial charge in [-0.05, 0) is 28.1 Å². The van der Waals surface area contributed by atoms with Gasteiger partial charge in [0, 0.05) is 30.1 Å². The molecule has 0 radical (unpaired) electrons. The highest BCUT2D eigenvalue weighted by atomic mass is 79.9. The molecule has 3 aromatic rings. The lowest BCUT2D eigenvalue weighted by Gasteiger charge is -2.21. The van der Waals surface area contributed by atoms with Crippen molar-refractivity contribution in [3.8, 4) is 11.5 Å². The Bertz CT molecular complexity index is 926. The molecule has 0 spiro atoms. The van der Waals surface area contributed by atoms with E-state index in [1.165, 1.54) is 0 Å². The molecule has 0 bridgehead atoms. The van der Waals surface area contributed by atoms with E-state index in [4.69, 9.17) is 9.47 Å². The van der Waals surface area contributed by atoms with Crippen LogP contribution in [-0.2, 0) is 13.6 Å². The van der Waals surface area contributed by atoms with E-state index in [1.807, 2.05) is 54.1 Å². The second-order valence-electron chi connectivity index (χ2n) is 5.86. The summed E-state index contributed by atoms with van der Waals surface area (Å²) < 4.78 is 14.0. The Hall–Kier alpha value is -2.47. The van der Waals surface area contributed by atoms with Crippen LogP contribution in [0.2, 0.25) is 0 Å². The van der Waals surface area contributed by atoms with Gasteiger partial charge >= 0.3 is 0 Å². The normalized spacial score (nSPS) is 13.0. The van der Waals surface area contributed by atoms with Gasteiger partial charge in [-0.15, -0.1) is 0 Å². The molecular weight excluding hydrogens is 384 g/mol. The predicted octanol–water partition coefficient (Wildman–Crippen LogP) is 3.64. The van der Waals surface area contributed by atoms with Gasteiger partial charge in [-0.1, -0.05) is 30.3 Å². The van der Waals surface area contributed by atoms with Crippen molar-refractivity contribution in [1.29, 1.82) is 0 Å². The van der Waals surface area contributed by atoms with Gasteiger partial charge in [0.25, 0.3) is 5.91 Å². The first kappa shape index (κ1) is 16.0. The van der Waals surface area contributed by atoms with Gasteiger partial charge < -0.3 is 19.4 Å². The number of hydrogen-bond acceptors (Lipinski definition) is 3. The van der Waals surface area contributed by atoms with Gasteiger partial charge in [-0.3, -0.25) is 4.79 Å². The first-order valence-corrected chi connectivity index (χ1v) is 8.84. The van der Waals surface area contributed by atoms with E-state index >= 15 is 0 Å². The number of benzene rings is 2. The Kier molecular flexibility index (Phi) is 4.13. The topological polar surface area (TPSA) is 52.5 Å². The summed E-state index contributed by atoms with van der Waals surface area (Å²) in [4.78, 5) is 12.8. The molecule has 1 aliphatic heterocycles. The molecule has 2 heterocycles. The second kappa shape index (κ2) is 6.44. The average Bonchev–Trinajstić information content (AvgIpc) is 2.91. The molecule has 0 saturated carbocycles. The van der Waals surface area contributed by atoms with Crippen LogP contribution in [0.25, 0.3) is 10.9 Å². The number of fused-ring (bicyclic) bond motifs is 2. The molecule has 0 atom stereocenters. The van der Waals surface area contributed by atoms with E-state index in [2.05, 4.69) is 21.2 Å². The number of aryl methyl sites for hydroxylation is 1. The molecule has 1 aromatic heterocycles. The van der Waals surface area contributed by atoms with Crippen molar-refractivity contribution < 1.29 is 14.3 Å². The summed E-state index contributed by atoms with van der Waals surface area (Å²) in [6, 6.07) is 13.6. The number of halogens is 1. The molecule has 0 unspecified atom stereocenters. The summed E-state index contributed by atoms with van der Waals surface area (Å²) in [6.45, 7) is 1.44. The Morgan fingerprint density at radius 3 is 2.80 bits per heavy atom. The lowest BCUT2D eigenvalue weighted by Crippen LogP contribution is -2.26. The number of carbonyl (C=O) groups is 1. The van der Waals surface area contributed by atoms with Gasteiger partial charge in [0.15, 0.2) is 11.5 Å². The van der Waals surface area contributed by atoms with Gasteiger partial charge in [0.1, 0.15) is 18.9 Å². The molecule has 25 heavy (non-hydrogen) atoms. The first-order valence-electron chi connectivity index (χ1n) is 8.05. The number of rotatable bonds is 3.